The van der Waals surface area contributed by atoms with Crippen molar-refractivity contribution in [2.75, 3.05) is 48.9 Å². The number of aromatic nitrogens is 3. The number of anilines is 5. The molecular weight excluding hydrogens is 460 g/mol. The molecule has 0 amide bonds. The summed E-state index contributed by atoms with van der Waals surface area (Å²) in [5, 5.41) is 29.7. The van der Waals surface area contributed by atoms with Gasteiger partial charge < -0.3 is 25.7 Å². The van der Waals surface area contributed by atoms with Crippen LogP contribution in [0.1, 0.15) is 5.56 Å². The van der Waals surface area contributed by atoms with Crippen molar-refractivity contribution in [1.82, 2.24) is 15.0 Å². The summed E-state index contributed by atoms with van der Waals surface area (Å²) in [5.74, 6) is 0.863. The van der Waals surface area contributed by atoms with Gasteiger partial charge in [0, 0.05) is 29.4 Å². The largest absolute Gasteiger partial charge is 0.395 e. The van der Waals surface area contributed by atoms with E-state index in [1.807, 2.05) is 48.5 Å². The van der Waals surface area contributed by atoms with E-state index in [2.05, 4.69) is 42.1 Å². The van der Waals surface area contributed by atoms with E-state index < -0.39 is 0 Å². The lowest BCUT2D eigenvalue weighted by Gasteiger charge is -2.21. The van der Waals surface area contributed by atoms with Gasteiger partial charge in [-0.3, -0.25) is 0 Å². The smallest absolute Gasteiger partial charge is 0.233 e. The molecule has 0 bridgehead atoms. The molecule has 0 aliphatic heterocycles. The van der Waals surface area contributed by atoms with Crippen molar-refractivity contribution >= 4 is 47.3 Å². The van der Waals surface area contributed by atoms with Crippen LogP contribution in [0, 0.1) is 0 Å². The average molecular weight is 487 g/mol. The Kier molecular flexibility index (Phi) is 10.0. The first-order chi connectivity index (χ1) is 16.7. The highest BCUT2D eigenvalue weighted by Crippen LogP contribution is 2.29. The summed E-state index contributed by atoms with van der Waals surface area (Å²) in [6.07, 6.45) is 1.69. The van der Waals surface area contributed by atoms with E-state index >= 15 is 0 Å². The van der Waals surface area contributed by atoms with E-state index in [0.717, 1.165) is 28.2 Å². The van der Waals surface area contributed by atoms with Crippen molar-refractivity contribution in [3.05, 3.63) is 60.7 Å². The van der Waals surface area contributed by atoms with Crippen LogP contribution < -0.4 is 15.5 Å². The fourth-order valence-corrected chi connectivity index (χ4v) is 3.46. The Bertz CT molecular complexity index is 1050. The van der Waals surface area contributed by atoms with Crippen molar-refractivity contribution < 1.29 is 24.5 Å². The number of benzene rings is 2. The molecule has 3 rings (SSSR count). The van der Waals surface area contributed by atoms with E-state index in [1.54, 1.807) is 11.0 Å². The van der Waals surface area contributed by atoms with Crippen LogP contribution in [0.4, 0.5) is 29.2 Å². The maximum absolute atomic E-state index is 9.44. The number of hydrogen-bond donors (Lipinski definition) is 4. The van der Waals surface area contributed by atoms with Crippen LogP contribution in [0.25, 0.3) is 6.08 Å². The van der Waals surface area contributed by atoms with Crippen LogP contribution in [-0.4, -0.2) is 58.6 Å². The maximum Gasteiger partial charge on any atom is 0.233 e. The third-order valence-corrected chi connectivity index (χ3v) is 5.04. The number of aliphatic hydroxyl groups excluding tert-OH is 2. The summed E-state index contributed by atoms with van der Waals surface area (Å²) in [6.45, 7) is 4.06. The van der Waals surface area contributed by atoms with Crippen molar-refractivity contribution in [2.24, 2.45) is 0 Å². The van der Waals surface area contributed by atoms with Gasteiger partial charge in [0.2, 0.25) is 17.8 Å². The summed E-state index contributed by atoms with van der Waals surface area (Å²) in [6, 6.07) is 15.0. The lowest BCUT2D eigenvalue weighted by molar-refractivity contribution is -0.447. The molecule has 1 aromatic heterocycles. The predicted molar refractivity (Wildman–Crippen MR) is 131 cm³/mol. The van der Waals surface area contributed by atoms with Gasteiger partial charge in [-0.25, -0.2) is 4.89 Å². The number of aliphatic hydroxyl groups is 2. The van der Waals surface area contributed by atoms with E-state index in [1.165, 1.54) is 7.11 Å². The first kappa shape index (κ1) is 25.4. The third kappa shape index (κ3) is 7.38. The van der Waals surface area contributed by atoms with Gasteiger partial charge in [0.1, 0.15) is 0 Å². The molecule has 4 N–H and O–H groups in total. The van der Waals surface area contributed by atoms with Gasteiger partial charge >= 0.3 is 0 Å². The summed E-state index contributed by atoms with van der Waals surface area (Å²) >= 11 is 0.959. The topological polar surface area (TPSA) is 134 Å². The highest BCUT2D eigenvalue weighted by Gasteiger charge is 2.14. The zero-order valence-electron chi connectivity index (χ0n) is 18.5. The standard InChI is InChI=1S/C22H26N6O5S/c1-3-16-9-10-18(15-19(16)34-33-32-31-2)24-21-25-20(23-17-7-5-4-6-8-17)26-22(27-21)28(11-13-29)12-14-30/h3-10,15,29-30H,1,11-14H2,2H3,(H2,23,24,25,26,27). The van der Waals surface area contributed by atoms with Gasteiger partial charge in [0.05, 0.1) is 32.4 Å². The second-order valence-corrected chi connectivity index (χ2v) is 7.42. The van der Waals surface area contributed by atoms with E-state index in [4.69, 9.17) is 4.33 Å². The molecule has 34 heavy (non-hydrogen) atoms. The second-order valence-electron chi connectivity index (χ2n) is 6.68. The van der Waals surface area contributed by atoms with Crippen molar-refractivity contribution in [3.63, 3.8) is 0 Å². The highest BCUT2D eigenvalue weighted by atomic mass is 32.2. The lowest BCUT2D eigenvalue weighted by Crippen LogP contribution is -2.31. The van der Waals surface area contributed by atoms with Gasteiger partial charge in [-0.2, -0.15) is 15.0 Å². The lowest BCUT2D eigenvalue weighted by atomic mass is 10.2. The Morgan fingerprint density at radius 2 is 1.65 bits per heavy atom. The van der Waals surface area contributed by atoms with E-state index in [-0.39, 0.29) is 32.3 Å². The zero-order valence-corrected chi connectivity index (χ0v) is 19.4. The van der Waals surface area contributed by atoms with Crippen LogP contribution in [0.2, 0.25) is 0 Å². The molecule has 180 valence electrons. The first-order valence-electron chi connectivity index (χ1n) is 10.3. The van der Waals surface area contributed by atoms with Crippen LogP contribution in [0.3, 0.4) is 0 Å². The van der Waals surface area contributed by atoms with Crippen molar-refractivity contribution in [3.8, 4) is 0 Å². The molecule has 3 aromatic rings. The van der Waals surface area contributed by atoms with Gasteiger partial charge in [0.15, 0.2) is 0 Å². The minimum absolute atomic E-state index is 0.122. The normalized spacial score (nSPS) is 10.7. The van der Waals surface area contributed by atoms with Crippen molar-refractivity contribution in [2.45, 2.75) is 4.90 Å². The molecule has 0 fully saturated rings. The summed E-state index contributed by atoms with van der Waals surface area (Å²) in [7, 11) is 1.34. The highest BCUT2D eigenvalue weighted by molar-refractivity contribution is 7.94. The maximum atomic E-state index is 9.44. The molecule has 0 saturated carbocycles. The Balaban J connectivity index is 1.92. The summed E-state index contributed by atoms with van der Waals surface area (Å²) < 4.78 is 4.92. The molecule has 11 nitrogen and oxygen atoms in total. The fourth-order valence-electron chi connectivity index (χ4n) is 2.88. The molecule has 0 saturated heterocycles. The molecule has 1 heterocycles. The molecule has 2 aromatic carbocycles. The minimum atomic E-state index is -0.122. The number of nitrogens with zero attached hydrogens (tertiary/aromatic N) is 4. The number of hydrogen-bond acceptors (Lipinski definition) is 12. The molecule has 0 aliphatic rings. The average Bonchev–Trinajstić information content (AvgIpc) is 2.85. The Labute approximate surface area is 201 Å². The van der Waals surface area contributed by atoms with Crippen LogP contribution in [-0.2, 0) is 14.3 Å². The SMILES string of the molecule is C=Cc1ccc(Nc2nc(Nc3ccccc3)nc(N(CCO)CCO)n2)cc1SOOOC. The van der Waals surface area contributed by atoms with Gasteiger partial charge in [-0.05, 0) is 29.8 Å². The third-order valence-electron chi connectivity index (χ3n) is 4.39. The molecule has 12 heteroatoms. The first-order valence-corrected chi connectivity index (χ1v) is 11.0. The second kappa shape index (κ2) is 13.4. The van der Waals surface area contributed by atoms with Gasteiger partial charge in [-0.1, -0.05) is 42.0 Å². The predicted octanol–water partition coefficient (Wildman–Crippen LogP) is 3.31. The number of para-hydroxylation sites is 1. The fraction of sp³-hybridized carbons (Fsp3) is 0.227. The minimum Gasteiger partial charge on any atom is -0.395 e. The summed E-state index contributed by atoms with van der Waals surface area (Å²) in [4.78, 5) is 20.3. The molecule has 0 aliphatic carbocycles. The number of nitrogens with one attached hydrogen (secondary N) is 2. The summed E-state index contributed by atoms with van der Waals surface area (Å²) in [5.41, 5.74) is 2.30. The van der Waals surface area contributed by atoms with E-state index in [0.29, 0.717) is 17.6 Å². The number of rotatable bonds is 14. The monoisotopic (exact) mass is 486 g/mol. The molecular formula is C22H26N6O5S. The Hall–Kier alpha value is -3.26. The van der Waals surface area contributed by atoms with Crippen molar-refractivity contribution in [1.29, 1.82) is 0 Å². The molecule has 0 spiro atoms. The Morgan fingerprint density at radius 3 is 2.26 bits per heavy atom. The van der Waals surface area contributed by atoms with E-state index in [9.17, 15) is 10.2 Å². The van der Waals surface area contributed by atoms with Gasteiger partial charge in [0.25, 0.3) is 0 Å². The van der Waals surface area contributed by atoms with Crippen LogP contribution >= 0.6 is 12.0 Å². The molecule has 0 radical (unpaired) electrons. The molecule has 0 unspecified atom stereocenters. The quantitative estimate of drug-likeness (QED) is 0.115. The zero-order chi connectivity index (χ0) is 24.2. The Morgan fingerprint density at radius 1 is 0.971 bits per heavy atom. The van der Waals surface area contributed by atoms with Crippen LogP contribution in [0.15, 0.2) is 60.0 Å². The van der Waals surface area contributed by atoms with Crippen LogP contribution in [0.5, 0.6) is 0 Å². The van der Waals surface area contributed by atoms with Gasteiger partial charge in [-0.15, -0.1) is 4.33 Å². The molecule has 0 atom stereocenters.